The Bertz CT molecular complexity index is 292. The van der Waals surface area contributed by atoms with Crippen molar-refractivity contribution in [2.75, 3.05) is 0 Å². The van der Waals surface area contributed by atoms with Crippen LogP contribution in [0.25, 0.3) is 0 Å². The van der Waals surface area contributed by atoms with E-state index in [9.17, 15) is 0 Å². The molecule has 0 bridgehead atoms. The topological polar surface area (TPSA) is 0 Å². The van der Waals surface area contributed by atoms with Crippen LogP contribution in [-0.4, -0.2) is 23.7 Å². The molecule has 0 heterocycles. The molecule has 0 rings (SSSR count). The predicted octanol–water partition coefficient (Wildman–Crippen LogP) is 7.04. The van der Waals surface area contributed by atoms with Crippen LogP contribution in [0, 0.1) is 0 Å². The van der Waals surface area contributed by atoms with Crippen molar-refractivity contribution in [3.63, 3.8) is 0 Å². The Morgan fingerprint density at radius 2 is 0.571 bits per heavy atom. The average Bonchev–Trinajstić information content (AvgIpc) is 2.09. The highest BCUT2D eigenvalue weighted by Crippen LogP contribution is 2.57. The van der Waals surface area contributed by atoms with E-state index in [0.29, 0.717) is 20.2 Å². The van der Waals surface area contributed by atoms with Crippen molar-refractivity contribution >= 4 is 23.7 Å². The third-order valence-corrected chi connectivity index (χ3v) is 40.5. The third-order valence-electron chi connectivity index (χ3n) is 6.50. The van der Waals surface area contributed by atoms with Crippen molar-refractivity contribution < 1.29 is 0 Å². The van der Waals surface area contributed by atoms with Crippen LogP contribution in [-0.2, 0) is 0 Å². The summed E-state index contributed by atoms with van der Waals surface area (Å²) in [6.07, 6.45) is 0. The molecule has 21 heavy (non-hydrogen) atoms. The summed E-state index contributed by atoms with van der Waals surface area (Å²) in [4.78, 5) is 0. The van der Waals surface area contributed by atoms with Crippen molar-refractivity contribution in [2.45, 2.75) is 116 Å². The van der Waals surface area contributed by atoms with Gasteiger partial charge in [-0.3, -0.25) is 0 Å². The molecule has 0 aromatic rings. The maximum Gasteiger partial charge on any atom is 0.360 e. The van der Waals surface area contributed by atoms with Gasteiger partial charge in [-0.15, -0.1) is 0 Å². The molecule has 0 spiro atoms. The molecule has 0 atom stereocenters. The maximum absolute atomic E-state index is 2.70. The Morgan fingerprint density at radius 1 is 0.429 bits per heavy atom. The van der Waals surface area contributed by atoms with E-state index in [2.05, 4.69) is 96.2 Å². The fourth-order valence-electron chi connectivity index (χ4n) is 3.50. The molecule has 0 saturated heterocycles. The van der Waals surface area contributed by atoms with Crippen LogP contribution in [0.15, 0.2) is 0 Å². The standard InChI is InChI=1S/C18H42Si3/c1-15(2,3)20(13,16(4,5)6)19-21(14,17(7,8)9)18(10,11)12/h1-14H3/q+1. The monoisotopic (exact) mass is 342 g/mol. The lowest BCUT2D eigenvalue weighted by atomic mass is 10.2. The summed E-state index contributed by atoms with van der Waals surface area (Å²) in [6.45, 7) is 35.5. The zero-order valence-corrected chi connectivity index (χ0v) is 20.5. The smallest absolute Gasteiger partial charge is 0.0600 e. The van der Waals surface area contributed by atoms with Gasteiger partial charge in [-0.1, -0.05) is 83.1 Å². The lowest BCUT2D eigenvalue weighted by molar-refractivity contribution is 0.627. The predicted molar refractivity (Wildman–Crippen MR) is 108 cm³/mol. The first-order valence-corrected chi connectivity index (χ1v) is 16.5. The Balaban J connectivity index is 6.15. The van der Waals surface area contributed by atoms with Crippen molar-refractivity contribution in [1.82, 2.24) is 0 Å². The summed E-state index contributed by atoms with van der Waals surface area (Å²) >= 11 is 0. The zero-order chi connectivity index (χ0) is 17.7. The van der Waals surface area contributed by atoms with E-state index in [0.717, 1.165) is 0 Å². The van der Waals surface area contributed by atoms with Gasteiger partial charge in [-0.05, 0) is 33.2 Å². The molecule has 0 aromatic carbocycles. The lowest BCUT2D eigenvalue weighted by Crippen LogP contribution is -2.68. The van der Waals surface area contributed by atoms with Gasteiger partial charge >= 0.3 is 8.55 Å². The second-order valence-electron chi connectivity index (χ2n) is 11.4. The van der Waals surface area contributed by atoms with Crippen LogP contribution in [0.3, 0.4) is 0 Å². The summed E-state index contributed by atoms with van der Waals surface area (Å²) in [7, 11) is -1.63. The third kappa shape index (κ3) is 3.95. The van der Waals surface area contributed by atoms with E-state index in [1.165, 1.54) is 8.55 Å². The van der Waals surface area contributed by atoms with Crippen LogP contribution >= 0.6 is 0 Å². The summed E-state index contributed by atoms with van der Waals surface area (Å²) in [5, 5.41) is 1.87. The van der Waals surface area contributed by atoms with Crippen molar-refractivity contribution in [1.29, 1.82) is 0 Å². The van der Waals surface area contributed by atoms with E-state index >= 15 is 0 Å². The normalized spacial score (nSPS) is 16.1. The fourth-order valence-corrected chi connectivity index (χ4v) is 40.5. The molecule has 0 saturated carbocycles. The minimum absolute atomic E-state index is 0.467. The Morgan fingerprint density at radius 3 is 0.667 bits per heavy atom. The molecule has 0 fully saturated rings. The largest absolute Gasteiger partial charge is 0.360 e. The molecular formula is C18H42Si3+. The molecule has 0 amide bonds. The van der Waals surface area contributed by atoms with Crippen LogP contribution in [0.1, 0.15) is 83.1 Å². The molecule has 0 aliphatic carbocycles. The molecule has 0 aromatic heterocycles. The summed E-state index contributed by atoms with van der Waals surface area (Å²) in [6, 6.07) is 0. The first kappa shape index (κ1) is 21.7. The average molecular weight is 343 g/mol. The minimum atomic E-state index is -1.42. The highest BCUT2D eigenvalue weighted by Gasteiger charge is 2.71. The van der Waals surface area contributed by atoms with Crippen molar-refractivity contribution in [3.05, 3.63) is 0 Å². The highest BCUT2D eigenvalue weighted by molar-refractivity contribution is 7.55. The van der Waals surface area contributed by atoms with E-state index in [1.54, 1.807) is 0 Å². The lowest BCUT2D eigenvalue weighted by Gasteiger charge is -2.48. The minimum Gasteiger partial charge on any atom is -0.0600 e. The van der Waals surface area contributed by atoms with Gasteiger partial charge in [0, 0.05) is 0 Å². The number of hydrogen-bond donors (Lipinski definition) is 0. The van der Waals surface area contributed by atoms with E-state index in [1.807, 2.05) is 0 Å². The van der Waals surface area contributed by atoms with Gasteiger partial charge in [0.2, 0.25) is 0 Å². The second kappa shape index (κ2) is 5.63. The molecule has 0 aliphatic rings. The summed E-state index contributed by atoms with van der Waals surface area (Å²) < 4.78 is 0. The molecule has 0 aliphatic heterocycles. The molecule has 3 heteroatoms. The first-order valence-electron chi connectivity index (χ1n) is 8.50. The number of rotatable bonds is 2. The van der Waals surface area contributed by atoms with Crippen LogP contribution in [0.2, 0.25) is 33.2 Å². The molecule has 0 nitrogen and oxygen atoms in total. The van der Waals surface area contributed by atoms with Crippen LogP contribution in [0.5, 0.6) is 0 Å². The number of hydrogen-bond acceptors (Lipinski definition) is 0. The molecule has 0 unspecified atom stereocenters. The van der Waals surface area contributed by atoms with Gasteiger partial charge in [-0.2, -0.15) is 0 Å². The van der Waals surface area contributed by atoms with Gasteiger partial charge in [-0.25, -0.2) is 0 Å². The molecule has 1 radical (unpaired) electrons. The summed E-state index contributed by atoms with van der Waals surface area (Å²) in [5.41, 5.74) is 0. The molecule has 0 N–H and O–H groups in total. The quantitative estimate of drug-likeness (QED) is 0.472. The van der Waals surface area contributed by atoms with Crippen LogP contribution < -0.4 is 0 Å². The zero-order valence-electron chi connectivity index (χ0n) is 17.5. The second-order valence-corrected chi connectivity index (χ2v) is 31.1. The molecule has 125 valence electrons. The molecular weight excluding hydrogens is 300 g/mol. The maximum atomic E-state index is 2.70. The Kier molecular flexibility index (Phi) is 5.80. The van der Waals surface area contributed by atoms with E-state index in [-0.39, 0.29) is 0 Å². The van der Waals surface area contributed by atoms with Crippen LogP contribution in [0.4, 0.5) is 0 Å². The fraction of sp³-hybridized carbons (Fsp3) is 1.00. The Hall–Kier alpha value is 0.651. The van der Waals surface area contributed by atoms with Gasteiger partial charge in [0.25, 0.3) is 15.2 Å². The highest BCUT2D eigenvalue weighted by atomic mass is 29.6. The van der Waals surface area contributed by atoms with Gasteiger partial charge in [0.05, 0.1) is 0 Å². The first-order chi connectivity index (χ1) is 8.71. The van der Waals surface area contributed by atoms with Crippen molar-refractivity contribution in [2.24, 2.45) is 0 Å². The van der Waals surface area contributed by atoms with Gasteiger partial charge in [0.1, 0.15) is 0 Å². The van der Waals surface area contributed by atoms with E-state index in [4.69, 9.17) is 0 Å². The summed E-state index contributed by atoms with van der Waals surface area (Å²) in [5.74, 6) is 0. The van der Waals surface area contributed by atoms with E-state index < -0.39 is 15.2 Å². The van der Waals surface area contributed by atoms with Crippen molar-refractivity contribution in [3.8, 4) is 0 Å². The SMILES string of the molecule is CC(C)(C)[Si](C)([Si+][Si](C)(C(C)(C)C)C(C)(C)C)C(C)(C)C. The Labute approximate surface area is 140 Å². The van der Waals surface area contributed by atoms with Gasteiger partial charge in [0.15, 0.2) is 0 Å². The van der Waals surface area contributed by atoms with Gasteiger partial charge < -0.3 is 0 Å².